The topological polar surface area (TPSA) is 35.5 Å². The maximum absolute atomic E-state index is 13.4. The van der Waals surface area contributed by atoms with Crippen LogP contribution in [0.2, 0.25) is 27.3 Å². The van der Waals surface area contributed by atoms with Crippen LogP contribution in [0.5, 0.6) is 0 Å². The Bertz CT molecular complexity index is 462. The molecular formula is C28H64O3Ti2. The van der Waals surface area contributed by atoms with Gasteiger partial charge in [-0.1, -0.05) is 0 Å². The minimum atomic E-state index is -4.59. The average Bonchev–Trinajstić information content (AvgIpc) is 2.72. The Morgan fingerprint density at radius 1 is 0.545 bits per heavy atom. The van der Waals surface area contributed by atoms with Crippen LogP contribution in [0.15, 0.2) is 0 Å². The van der Waals surface area contributed by atoms with Crippen LogP contribution >= 0.6 is 0 Å². The van der Waals surface area contributed by atoms with Crippen LogP contribution in [0.4, 0.5) is 0 Å². The summed E-state index contributed by atoms with van der Waals surface area (Å²) < 4.78 is 31.8. The Kier molecular flexibility index (Phi) is 20.2. The van der Waals surface area contributed by atoms with Crippen molar-refractivity contribution in [2.24, 2.45) is 0 Å². The third kappa shape index (κ3) is 13.3. The van der Waals surface area contributed by atoms with Gasteiger partial charge in [0.2, 0.25) is 0 Å². The molecule has 0 heterocycles. The van der Waals surface area contributed by atoms with E-state index in [2.05, 4.69) is 27.7 Å². The van der Waals surface area contributed by atoms with E-state index in [0.717, 1.165) is 0 Å². The standard InChI is InChI=1S/4C4H9.2C3H7O.2C3H7.O.2Ti/c4*1-3-4-2;2*1-3(2)4;2*1-3-2;;;/h4*1,3-4H2,2H3;2*3H,1-2H3;2*3H,1-2H3;;;/q;;;;2*-1;;;;;+2. The molecule has 0 amide bonds. The Balaban J connectivity index is 0. The summed E-state index contributed by atoms with van der Waals surface area (Å²) in [5.41, 5.74) is 0. The van der Waals surface area contributed by atoms with E-state index in [4.69, 9.17) is 6.64 Å². The molecule has 3 nitrogen and oxygen atoms in total. The van der Waals surface area contributed by atoms with Crippen molar-refractivity contribution in [2.75, 3.05) is 0 Å². The van der Waals surface area contributed by atoms with Crippen molar-refractivity contribution in [1.29, 1.82) is 0 Å². The van der Waals surface area contributed by atoms with Crippen LogP contribution < -0.4 is 0 Å². The van der Waals surface area contributed by atoms with E-state index >= 15 is 0 Å². The first-order valence-corrected chi connectivity index (χ1v) is 22.7. The van der Waals surface area contributed by atoms with E-state index in [1.165, 1.54) is 51.4 Å². The van der Waals surface area contributed by atoms with Gasteiger partial charge < -0.3 is 0 Å². The zero-order chi connectivity index (χ0) is 26.2. The van der Waals surface area contributed by atoms with Gasteiger partial charge in [-0.2, -0.15) is 0 Å². The Hall–Kier alpha value is 1.15. The fraction of sp³-hybridized carbons (Fsp3) is 1.00. The quantitative estimate of drug-likeness (QED) is 0.161. The van der Waals surface area contributed by atoms with Crippen LogP contribution in [0, 0.1) is 0 Å². The number of hydrogen-bond acceptors (Lipinski definition) is 3. The zero-order valence-corrected chi connectivity index (χ0v) is 28.1. The normalized spacial score (nSPS) is 13.2. The molecule has 0 aliphatic carbocycles. The second-order valence-corrected chi connectivity index (χ2v) is 27.3. The predicted molar refractivity (Wildman–Crippen MR) is 142 cm³/mol. The third-order valence-corrected chi connectivity index (χ3v) is 25.5. The second kappa shape index (κ2) is 18.4. The van der Waals surface area contributed by atoms with Gasteiger partial charge in [0.15, 0.2) is 0 Å². The second-order valence-electron chi connectivity index (χ2n) is 11.7. The van der Waals surface area contributed by atoms with Gasteiger partial charge in [0.25, 0.3) is 0 Å². The molecule has 0 atom stereocenters. The summed E-state index contributed by atoms with van der Waals surface area (Å²) in [7, 11) is 0. The van der Waals surface area contributed by atoms with E-state index < -0.39 is 32.6 Å². The zero-order valence-electron chi connectivity index (χ0n) is 25.0. The number of rotatable bonds is 18. The SMILES string of the molecule is CC(C)[O][Ti](=[O])([O]C(C)C)([CH](C)C)[CH](C)C.CCC[CH2][Ti]([CH2]CCC)([CH2]CCC)[CH2]CCC. The third-order valence-electron chi connectivity index (χ3n) is 7.26. The number of hydrogen-bond donors (Lipinski definition) is 0. The molecule has 0 bridgehead atoms. The summed E-state index contributed by atoms with van der Waals surface area (Å²) in [5.74, 6) is 0. The fourth-order valence-electron chi connectivity index (χ4n) is 5.13. The van der Waals surface area contributed by atoms with Gasteiger partial charge in [0.1, 0.15) is 0 Å². The van der Waals surface area contributed by atoms with E-state index in [9.17, 15) is 3.32 Å². The molecule has 0 aliphatic rings. The van der Waals surface area contributed by atoms with E-state index in [0.29, 0.717) is 0 Å². The molecule has 0 aromatic heterocycles. The van der Waals surface area contributed by atoms with Crippen molar-refractivity contribution in [3.8, 4) is 0 Å². The molecule has 0 unspecified atom stereocenters. The minimum absolute atomic E-state index is 0.0678. The molecule has 0 spiro atoms. The molecule has 0 aromatic rings. The van der Waals surface area contributed by atoms with Crippen molar-refractivity contribution < 1.29 is 42.6 Å². The van der Waals surface area contributed by atoms with Gasteiger partial charge in [0, 0.05) is 0 Å². The molecule has 0 rings (SSSR count). The first-order chi connectivity index (χ1) is 15.3. The monoisotopic (exact) mass is 544 g/mol. The van der Waals surface area contributed by atoms with Gasteiger partial charge in [-0.3, -0.25) is 0 Å². The van der Waals surface area contributed by atoms with E-state index in [1.54, 1.807) is 18.9 Å². The first-order valence-electron chi connectivity index (χ1n) is 14.5. The van der Waals surface area contributed by atoms with E-state index in [-0.39, 0.29) is 20.7 Å². The van der Waals surface area contributed by atoms with Gasteiger partial charge in [0.05, 0.1) is 0 Å². The summed E-state index contributed by atoms with van der Waals surface area (Å²) in [6.07, 6.45) is 11.6. The molecule has 0 radical (unpaired) electrons. The summed E-state index contributed by atoms with van der Waals surface area (Å²) in [4.78, 5) is 0. The summed E-state index contributed by atoms with van der Waals surface area (Å²) in [5, 5.41) is 0. The molecule has 202 valence electrons. The summed E-state index contributed by atoms with van der Waals surface area (Å²) >= 11 is -6.02. The average molecular weight is 545 g/mol. The molecule has 5 heteroatoms. The Labute approximate surface area is 215 Å². The molecule has 0 aliphatic heterocycles. The van der Waals surface area contributed by atoms with Crippen LogP contribution in [-0.4, -0.2) is 12.2 Å². The van der Waals surface area contributed by atoms with Gasteiger partial charge >= 0.3 is 217 Å². The van der Waals surface area contributed by atoms with Crippen molar-refractivity contribution in [3.05, 3.63) is 0 Å². The van der Waals surface area contributed by atoms with Gasteiger partial charge in [-0.25, -0.2) is 0 Å². The van der Waals surface area contributed by atoms with Gasteiger partial charge in [-0.05, 0) is 0 Å². The molecule has 0 fully saturated rings. The maximum atomic E-state index is 13.4. The number of unbranched alkanes of at least 4 members (excludes halogenated alkanes) is 4. The fourth-order valence-corrected chi connectivity index (χ4v) is 21.1. The van der Waals surface area contributed by atoms with Crippen LogP contribution in [0.3, 0.4) is 0 Å². The summed E-state index contributed by atoms with van der Waals surface area (Å²) in [6.45, 7) is 24.9. The molecule has 33 heavy (non-hydrogen) atoms. The van der Waals surface area contributed by atoms with Gasteiger partial charge in [-0.15, -0.1) is 0 Å². The van der Waals surface area contributed by atoms with Crippen LogP contribution in [0.25, 0.3) is 0 Å². The first kappa shape index (κ1) is 36.3. The van der Waals surface area contributed by atoms with Crippen molar-refractivity contribution in [1.82, 2.24) is 0 Å². The molecule has 0 saturated heterocycles. The molecule has 0 N–H and O–H groups in total. The van der Waals surface area contributed by atoms with Crippen molar-refractivity contribution in [2.45, 2.75) is 174 Å². The van der Waals surface area contributed by atoms with Crippen LogP contribution in [-0.2, 0) is 42.6 Å². The Morgan fingerprint density at radius 2 is 0.788 bits per heavy atom. The van der Waals surface area contributed by atoms with E-state index in [1.807, 2.05) is 55.4 Å². The predicted octanol–water partition coefficient (Wildman–Crippen LogP) is 11.4. The summed E-state index contributed by atoms with van der Waals surface area (Å²) in [6, 6.07) is 0. The molecular weight excluding hydrogens is 480 g/mol. The van der Waals surface area contributed by atoms with Crippen molar-refractivity contribution >= 4 is 0 Å². The molecule has 0 saturated carbocycles. The van der Waals surface area contributed by atoms with Crippen molar-refractivity contribution in [3.63, 3.8) is 0 Å². The van der Waals surface area contributed by atoms with Crippen LogP contribution in [0.1, 0.15) is 134 Å². The Morgan fingerprint density at radius 3 is 0.939 bits per heavy atom. The molecule has 0 aromatic carbocycles.